The lowest BCUT2D eigenvalue weighted by molar-refractivity contribution is -0.130. The number of rotatable bonds is 30. The Morgan fingerprint density at radius 3 is 0.856 bits per heavy atom. The number of hydrogen-bond acceptors (Lipinski definition) is 16. The molecule has 608 valence electrons. The number of anilines is 2. The Kier molecular flexibility index (Phi) is 24.0. The van der Waals surface area contributed by atoms with Crippen LogP contribution in [0, 0.1) is 27.7 Å². The normalized spacial score (nSPS) is 13.3. The molecule has 6 amide bonds. The van der Waals surface area contributed by atoms with E-state index in [0.29, 0.717) is 45.3 Å². The number of carbonyl (C=O) groups excluding carboxylic acids is 8. The molecule has 0 saturated heterocycles. The summed E-state index contributed by atoms with van der Waals surface area (Å²) in [5.74, 6) is -4.26. The Bertz CT molecular complexity index is 5360. The zero-order valence-electron chi connectivity index (χ0n) is 70.1. The van der Waals surface area contributed by atoms with Crippen LogP contribution in [-0.2, 0) is 28.7 Å². The molecule has 20 heteroatoms. The molecule has 0 saturated carbocycles. The summed E-state index contributed by atoms with van der Waals surface area (Å²) in [5, 5.41) is 7.53. The molecule has 0 spiro atoms. The summed E-state index contributed by atoms with van der Waals surface area (Å²) in [6, 6.07) is 38.8. The highest BCUT2D eigenvalue weighted by molar-refractivity contribution is 6.45. The third-order valence-electron chi connectivity index (χ3n) is 21.5. The van der Waals surface area contributed by atoms with E-state index in [2.05, 4.69) is 79.2 Å². The minimum Gasteiger partial charge on any atom is -0.456 e. The van der Waals surface area contributed by atoms with Gasteiger partial charge in [0.25, 0.3) is 23.6 Å². The molecule has 2 aliphatic heterocycles. The van der Waals surface area contributed by atoms with E-state index in [1.165, 1.54) is 38.1 Å². The number of nitrogens with zero attached hydrogens (tertiary/aromatic N) is 2. The van der Waals surface area contributed by atoms with Crippen molar-refractivity contribution in [3.63, 3.8) is 0 Å². The van der Waals surface area contributed by atoms with Gasteiger partial charge in [-0.05, 0) is 210 Å². The molecule has 0 aliphatic carbocycles. The minimum absolute atomic E-state index is 0.0405. The largest absolute Gasteiger partial charge is 0.456 e. The van der Waals surface area contributed by atoms with Gasteiger partial charge in [-0.3, -0.25) is 38.6 Å². The Morgan fingerprint density at radius 2 is 0.619 bits per heavy atom. The standard InChI is InChI=1S/C98H100N4O16/c1-49(2)61-27-31-75(57(17)39-61)115-79-45-69-83-70(94(106)101(93(69)105)73(35-37-111-55(13)14)91(103)99-65-23-21-25-67(43-65)113-97(109)53(9)10)47-81(117-77-33-29-63(51(5)6)41-59(77)19)87-88-82(118-78-34-30-64(52(7)8)42-60(78)20)48-72-84-71(46-80(86(90(84)88)85(79)89(83)87)116-76-32-28-62(50(3)4)40-58(76)18)95(107)102(96(72)108)74(36-38-112-56(15)16)92(104)100-66-24-22-26-68(44-66)114-98(110)54(11)12/h21-34,39-52,55-56,73-74H,9,11,35-38H2,1-8,10,12-20H3,(H,99,103)(H,100,104). The fourth-order valence-corrected chi connectivity index (χ4v) is 15.2. The van der Waals surface area contributed by atoms with Gasteiger partial charge in [0.1, 0.15) is 69.6 Å². The van der Waals surface area contributed by atoms with Gasteiger partial charge in [-0.2, -0.15) is 0 Å². The highest BCUT2D eigenvalue weighted by Crippen LogP contribution is 2.59. The van der Waals surface area contributed by atoms with Gasteiger partial charge in [0.15, 0.2) is 0 Å². The van der Waals surface area contributed by atoms with Crippen molar-refractivity contribution in [2.45, 2.75) is 185 Å². The van der Waals surface area contributed by atoms with Crippen LogP contribution >= 0.6 is 0 Å². The first-order valence-corrected chi connectivity index (χ1v) is 40.1. The fraction of sp³-hybridized carbons (Fsp3) is 0.306. The first-order chi connectivity index (χ1) is 56.1. The topological polar surface area (TPSA) is 241 Å². The Balaban J connectivity index is 1.18. The average molecular weight is 1590 g/mol. The van der Waals surface area contributed by atoms with E-state index in [9.17, 15) is 9.59 Å². The smallest absolute Gasteiger partial charge is 0.338 e. The summed E-state index contributed by atoms with van der Waals surface area (Å²) in [6.07, 6.45) is -1.06. The van der Waals surface area contributed by atoms with Gasteiger partial charge < -0.3 is 48.5 Å². The maximum Gasteiger partial charge on any atom is 0.338 e. The van der Waals surface area contributed by atoms with E-state index in [4.69, 9.17) is 37.9 Å². The van der Waals surface area contributed by atoms with Crippen LogP contribution in [0.3, 0.4) is 0 Å². The van der Waals surface area contributed by atoms with Gasteiger partial charge in [-0.25, -0.2) is 9.59 Å². The summed E-state index contributed by atoms with van der Waals surface area (Å²) in [5.41, 5.74) is 7.27. The second-order valence-electron chi connectivity index (χ2n) is 32.6. The van der Waals surface area contributed by atoms with Gasteiger partial charge in [0.05, 0.1) is 34.5 Å². The molecular weight excluding hydrogens is 1490 g/mol. The number of aryl methyl sites for hydroxylation is 4. The summed E-state index contributed by atoms with van der Waals surface area (Å²) in [7, 11) is 0. The van der Waals surface area contributed by atoms with Crippen LogP contribution in [0.15, 0.2) is 170 Å². The second-order valence-corrected chi connectivity index (χ2v) is 32.6. The van der Waals surface area contributed by atoms with Crippen molar-refractivity contribution < 1.29 is 76.3 Å². The van der Waals surface area contributed by atoms with Crippen LogP contribution in [0.4, 0.5) is 11.4 Å². The average Bonchev–Trinajstić information content (AvgIpc) is 0.669. The lowest BCUT2D eigenvalue weighted by Gasteiger charge is -2.36. The molecule has 11 aromatic rings. The monoisotopic (exact) mass is 1590 g/mol. The molecule has 0 radical (unpaired) electrons. The SMILES string of the molecule is C=C(C)C(=O)Oc1cccc(NC(=O)C(CCOC(C)C)N2C(=O)c3cc(Oc4ccc(C(C)C)cc4C)c4c5c(Oc6ccc(C(C)C)cc6C)cc6c7c(cc(Oc8ccc(C(C)C)cc8C)c(c8c(Oc9ccc(C(C)C)cc9C)cc(c3c48)C2=O)c75)C(=O)N(C(CCOC(C)C)C(=O)Nc2cccc(OC(=O)C(=C)C)c2)C6=O)c1. The van der Waals surface area contributed by atoms with E-state index in [0.717, 1.165) is 32.1 Å². The minimum atomic E-state index is -1.58. The van der Waals surface area contributed by atoms with Crippen molar-refractivity contribution in [2.24, 2.45) is 0 Å². The van der Waals surface area contributed by atoms with Gasteiger partial charge in [-0.15, -0.1) is 0 Å². The number of ether oxygens (including phenoxy) is 8. The Labute approximate surface area is 687 Å². The second kappa shape index (κ2) is 34.0. The summed E-state index contributed by atoms with van der Waals surface area (Å²) >= 11 is 0. The lowest BCUT2D eigenvalue weighted by atomic mass is 9.80. The van der Waals surface area contributed by atoms with Gasteiger partial charge in [0, 0.05) is 104 Å². The van der Waals surface area contributed by atoms with Crippen molar-refractivity contribution in [2.75, 3.05) is 23.8 Å². The number of carbonyl (C=O) groups is 8. The summed E-state index contributed by atoms with van der Waals surface area (Å²) in [4.78, 5) is 126. The van der Waals surface area contributed by atoms with Crippen LogP contribution in [0.25, 0.3) is 43.1 Å². The first kappa shape index (κ1) is 83.4. The van der Waals surface area contributed by atoms with Gasteiger partial charge in [-0.1, -0.05) is 129 Å². The number of esters is 2. The van der Waals surface area contributed by atoms with Crippen LogP contribution in [-0.4, -0.2) is 94.7 Å². The van der Waals surface area contributed by atoms with E-state index in [-0.39, 0.29) is 184 Å². The Morgan fingerprint density at radius 1 is 0.347 bits per heavy atom. The van der Waals surface area contributed by atoms with Crippen molar-refractivity contribution in [1.82, 2.24) is 9.80 Å². The van der Waals surface area contributed by atoms with Crippen LogP contribution in [0.1, 0.15) is 219 Å². The number of amides is 6. The number of imide groups is 2. The van der Waals surface area contributed by atoms with Gasteiger partial charge >= 0.3 is 11.9 Å². The zero-order valence-corrected chi connectivity index (χ0v) is 70.1. The fourth-order valence-electron chi connectivity index (χ4n) is 15.2. The van der Waals surface area contributed by atoms with Crippen LogP contribution in [0.2, 0.25) is 0 Å². The predicted molar refractivity (Wildman–Crippen MR) is 460 cm³/mol. The molecule has 2 aliphatic rings. The van der Waals surface area contributed by atoms with Crippen molar-refractivity contribution >= 4 is 102 Å². The van der Waals surface area contributed by atoms with Crippen molar-refractivity contribution in [3.05, 3.63) is 237 Å². The molecule has 118 heavy (non-hydrogen) atoms. The molecule has 13 rings (SSSR count). The molecule has 2 atom stereocenters. The van der Waals surface area contributed by atoms with E-state index in [1.54, 1.807) is 48.5 Å². The van der Waals surface area contributed by atoms with Gasteiger partial charge in [0.2, 0.25) is 11.8 Å². The lowest BCUT2D eigenvalue weighted by Crippen LogP contribution is -2.52. The molecule has 2 N–H and O–H groups in total. The molecule has 2 unspecified atom stereocenters. The summed E-state index contributed by atoms with van der Waals surface area (Å²) < 4.78 is 53.5. The number of hydrogen-bond donors (Lipinski definition) is 2. The molecule has 20 nitrogen and oxygen atoms in total. The third kappa shape index (κ3) is 16.7. The van der Waals surface area contributed by atoms with Crippen molar-refractivity contribution in [3.8, 4) is 57.5 Å². The molecule has 0 bridgehead atoms. The first-order valence-electron chi connectivity index (χ1n) is 40.1. The molecule has 2 heterocycles. The van der Waals surface area contributed by atoms with E-state index in [1.807, 2.05) is 128 Å². The Hall–Kier alpha value is -12.5. The number of fused-ring (bicyclic) bond motifs is 2. The highest BCUT2D eigenvalue weighted by atomic mass is 16.5. The van der Waals surface area contributed by atoms with E-state index < -0.39 is 59.5 Å². The third-order valence-corrected chi connectivity index (χ3v) is 21.5. The maximum absolute atomic E-state index is 16.8. The summed E-state index contributed by atoms with van der Waals surface area (Å²) in [6.45, 7) is 41.9. The van der Waals surface area contributed by atoms with Crippen LogP contribution < -0.4 is 39.1 Å². The molecule has 11 aromatic carbocycles. The molecular formula is C98H100N4O16. The predicted octanol–water partition coefficient (Wildman–Crippen LogP) is 22.4. The van der Waals surface area contributed by atoms with E-state index >= 15 is 28.8 Å². The zero-order chi connectivity index (χ0) is 84.9. The van der Waals surface area contributed by atoms with Crippen molar-refractivity contribution in [1.29, 1.82) is 0 Å². The van der Waals surface area contributed by atoms with Crippen LogP contribution in [0.5, 0.6) is 57.5 Å². The molecule has 0 fully saturated rings. The number of nitrogens with one attached hydrogen (secondary N) is 2. The maximum atomic E-state index is 16.8. The quantitative estimate of drug-likeness (QED) is 0.0106. The highest BCUT2D eigenvalue weighted by Gasteiger charge is 2.47. The molecule has 0 aromatic heterocycles. The number of benzene rings is 11.